The summed E-state index contributed by atoms with van der Waals surface area (Å²) >= 11 is 1.56. The van der Waals surface area contributed by atoms with Crippen LogP contribution in [-0.4, -0.2) is 39.7 Å². The number of ether oxygens (including phenoxy) is 2. The second-order valence-corrected chi connectivity index (χ2v) is 6.15. The third kappa shape index (κ3) is 4.05. The predicted molar refractivity (Wildman–Crippen MR) is 93.1 cm³/mol. The van der Waals surface area contributed by atoms with Crippen LogP contribution in [0, 0.1) is 6.92 Å². The van der Waals surface area contributed by atoms with E-state index in [-0.39, 0.29) is 0 Å². The normalized spacial score (nSPS) is 10.6. The number of tetrazole rings is 1. The molecule has 1 heterocycles. The number of methoxy groups -OCH3 is 1. The summed E-state index contributed by atoms with van der Waals surface area (Å²) < 4.78 is 12.6. The number of benzene rings is 2. The van der Waals surface area contributed by atoms with Gasteiger partial charge in [-0.2, -0.15) is 4.68 Å². The molecule has 0 atom stereocenters. The zero-order valence-electron chi connectivity index (χ0n) is 13.5. The average molecular weight is 342 g/mol. The SMILES string of the molecule is COc1ccc(OCCSc2nnnn2-c2cccc(C)c2)cc1. The first-order valence-corrected chi connectivity index (χ1v) is 8.50. The first kappa shape index (κ1) is 16.3. The lowest BCUT2D eigenvalue weighted by Crippen LogP contribution is -2.03. The summed E-state index contributed by atoms with van der Waals surface area (Å²) in [6.45, 7) is 2.61. The van der Waals surface area contributed by atoms with Crippen LogP contribution in [0.1, 0.15) is 5.56 Å². The van der Waals surface area contributed by atoms with E-state index >= 15 is 0 Å². The standard InChI is InChI=1S/C17H18N4O2S/c1-13-4-3-5-14(12-13)21-17(18-19-20-21)24-11-10-23-16-8-6-15(22-2)7-9-16/h3-9,12H,10-11H2,1-2H3. The maximum atomic E-state index is 5.71. The van der Waals surface area contributed by atoms with E-state index in [9.17, 15) is 0 Å². The Kier molecular flexibility index (Phi) is 5.32. The van der Waals surface area contributed by atoms with Gasteiger partial charge >= 0.3 is 0 Å². The molecule has 0 aliphatic carbocycles. The third-order valence-electron chi connectivity index (χ3n) is 3.33. The van der Waals surface area contributed by atoms with Gasteiger partial charge < -0.3 is 9.47 Å². The summed E-state index contributed by atoms with van der Waals surface area (Å²) in [5, 5.41) is 12.7. The van der Waals surface area contributed by atoms with Gasteiger partial charge in [0.05, 0.1) is 19.4 Å². The Hall–Kier alpha value is -2.54. The van der Waals surface area contributed by atoms with Gasteiger partial charge in [0.15, 0.2) is 0 Å². The third-order valence-corrected chi connectivity index (χ3v) is 4.21. The molecule has 0 bridgehead atoms. The van der Waals surface area contributed by atoms with Gasteiger partial charge in [-0.15, -0.1) is 5.10 Å². The van der Waals surface area contributed by atoms with E-state index in [0.717, 1.165) is 28.1 Å². The lowest BCUT2D eigenvalue weighted by atomic mass is 10.2. The van der Waals surface area contributed by atoms with Crippen LogP contribution in [-0.2, 0) is 0 Å². The topological polar surface area (TPSA) is 62.1 Å². The lowest BCUT2D eigenvalue weighted by Gasteiger charge is -2.07. The molecule has 0 radical (unpaired) electrons. The zero-order valence-corrected chi connectivity index (χ0v) is 14.4. The first-order valence-electron chi connectivity index (χ1n) is 7.51. The van der Waals surface area contributed by atoms with E-state index in [4.69, 9.17) is 9.47 Å². The van der Waals surface area contributed by atoms with Crippen LogP contribution in [0.2, 0.25) is 0 Å². The molecule has 124 valence electrons. The fourth-order valence-electron chi connectivity index (χ4n) is 2.16. The van der Waals surface area contributed by atoms with Gasteiger partial charge in [0.25, 0.3) is 0 Å². The molecule has 0 fully saturated rings. The molecular weight excluding hydrogens is 324 g/mol. The van der Waals surface area contributed by atoms with Crippen molar-refractivity contribution in [1.82, 2.24) is 20.2 Å². The molecule has 0 saturated heterocycles. The Morgan fingerprint density at radius 3 is 2.62 bits per heavy atom. The Labute approximate surface area is 144 Å². The highest BCUT2D eigenvalue weighted by Gasteiger charge is 2.09. The number of hydrogen-bond donors (Lipinski definition) is 0. The second-order valence-electron chi connectivity index (χ2n) is 5.08. The molecule has 0 saturated carbocycles. The van der Waals surface area contributed by atoms with Gasteiger partial charge in [0.2, 0.25) is 5.16 Å². The van der Waals surface area contributed by atoms with E-state index in [1.54, 1.807) is 23.6 Å². The number of aromatic nitrogens is 4. The molecule has 0 aliphatic rings. The maximum Gasteiger partial charge on any atom is 0.214 e. The Morgan fingerprint density at radius 2 is 1.88 bits per heavy atom. The molecule has 0 unspecified atom stereocenters. The zero-order chi connectivity index (χ0) is 16.8. The molecule has 7 heteroatoms. The molecule has 24 heavy (non-hydrogen) atoms. The molecule has 3 aromatic rings. The van der Waals surface area contributed by atoms with Crippen molar-refractivity contribution in [3.05, 3.63) is 54.1 Å². The molecule has 1 aromatic heterocycles. The van der Waals surface area contributed by atoms with Gasteiger partial charge in [-0.3, -0.25) is 0 Å². The largest absolute Gasteiger partial charge is 0.497 e. The van der Waals surface area contributed by atoms with Crippen LogP contribution in [0.25, 0.3) is 5.69 Å². The van der Waals surface area contributed by atoms with Crippen LogP contribution < -0.4 is 9.47 Å². The Balaban J connectivity index is 1.55. The lowest BCUT2D eigenvalue weighted by molar-refractivity contribution is 0.342. The fourth-order valence-corrected chi connectivity index (χ4v) is 2.86. The van der Waals surface area contributed by atoms with Crippen molar-refractivity contribution >= 4 is 11.8 Å². The quantitative estimate of drug-likeness (QED) is 0.485. The van der Waals surface area contributed by atoms with E-state index in [1.807, 2.05) is 55.5 Å². The maximum absolute atomic E-state index is 5.71. The highest BCUT2D eigenvalue weighted by Crippen LogP contribution is 2.20. The van der Waals surface area contributed by atoms with Gasteiger partial charge in [0.1, 0.15) is 11.5 Å². The minimum absolute atomic E-state index is 0.567. The van der Waals surface area contributed by atoms with E-state index < -0.39 is 0 Å². The molecule has 6 nitrogen and oxygen atoms in total. The van der Waals surface area contributed by atoms with Crippen molar-refractivity contribution < 1.29 is 9.47 Å². The molecule has 0 N–H and O–H groups in total. The average Bonchev–Trinajstić information content (AvgIpc) is 3.08. The highest BCUT2D eigenvalue weighted by atomic mass is 32.2. The summed E-state index contributed by atoms with van der Waals surface area (Å²) in [6, 6.07) is 15.6. The first-order chi connectivity index (χ1) is 11.8. The van der Waals surface area contributed by atoms with Crippen LogP contribution in [0.4, 0.5) is 0 Å². The van der Waals surface area contributed by atoms with Crippen LogP contribution in [0.5, 0.6) is 11.5 Å². The monoisotopic (exact) mass is 342 g/mol. The van der Waals surface area contributed by atoms with Crippen LogP contribution in [0.3, 0.4) is 0 Å². The molecule has 3 rings (SSSR count). The second kappa shape index (κ2) is 7.83. The summed E-state index contributed by atoms with van der Waals surface area (Å²) in [5.74, 6) is 2.38. The number of rotatable bonds is 7. The number of nitrogens with zero attached hydrogens (tertiary/aromatic N) is 4. The molecule has 0 aliphatic heterocycles. The molecular formula is C17H18N4O2S. The predicted octanol–water partition coefficient (Wildman–Crippen LogP) is 3.15. The molecule has 0 amide bonds. The summed E-state index contributed by atoms with van der Waals surface area (Å²) in [6.07, 6.45) is 0. The Morgan fingerprint density at radius 1 is 1.08 bits per heavy atom. The minimum Gasteiger partial charge on any atom is -0.497 e. The van der Waals surface area contributed by atoms with E-state index in [0.29, 0.717) is 6.61 Å². The fraction of sp³-hybridized carbons (Fsp3) is 0.235. The van der Waals surface area contributed by atoms with Crippen molar-refractivity contribution in [3.63, 3.8) is 0 Å². The van der Waals surface area contributed by atoms with Gasteiger partial charge in [-0.25, -0.2) is 0 Å². The van der Waals surface area contributed by atoms with Crippen molar-refractivity contribution in [2.45, 2.75) is 12.1 Å². The molecule has 0 spiro atoms. The Bertz CT molecular complexity index is 789. The number of aryl methyl sites for hydroxylation is 1. The highest BCUT2D eigenvalue weighted by molar-refractivity contribution is 7.99. The smallest absolute Gasteiger partial charge is 0.214 e. The summed E-state index contributed by atoms with van der Waals surface area (Å²) in [4.78, 5) is 0. The number of thioether (sulfide) groups is 1. The number of hydrogen-bond acceptors (Lipinski definition) is 6. The van der Waals surface area contributed by atoms with Gasteiger partial charge in [-0.1, -0.05) is 23.9 Å². The summed E-state index contributed by atoms with van der Waals surface area (Å²) in [5.41, 5.74) is 2.13. The van der Waals surface area contributed by atoms with Crippen molar-refractivity contribution in [2.24, 2.45) is 0 Å². The van der Waals surface area contributed by atoms with Gasteiger partial charge in [0, 0.05) is 5.75 Å². The van der Waals surface area contributed by atoms with E-state index in [2.05, 4.69) is 15.5 Å². The van der Waals surface area contributed by atoms with Crippen molar-refractivity contribution in [2.75, 3.05) is 19.5 Å². The van der Waals surface area contributed by atoms with Crippen LogP contribution in [0.15, 0.2) is 53.7 Å². The van der Waals surface area contributed by atoms with Crippen molar-refractivity contribution in [3.8, 4) is 17.2 Å². The summed E-state index contributed by atoms with van der Waals surface area (Å²) in [7, 11) is 1.64. The van der Waals surface area contributed by atoms with Crippen molar-refractivity contribution in [1.29, 1.82) is 0 Å². The molecule has 2 aromatic carbocycles. The van der Waals surface area contributed by atoms with Crippen LogP contribution >= 0.6 is 11.8 Å². The van der Waals surface area contributed by atoms with E-state index in [1.165, 1.54) is 5.56 Å². The van der Waals surface area contributed by atoms with Gasteiger partial charge in [-0.05, 0) is 59.3 Å². The minimum atomic E-state index is 0.567.